The van der Waals surface area contributed by atoms with Crippen LogP contribution in [0.2, 0.25) is 0 Å². The van der Waals surface area contributed by atoms with E-state index in [4.69, 9.17) is 5.73 Å². The maximum atomic E-state index is 5.32. The first kappa shape index (κ1) is 7.70. The van der Waals surface area contributed by atoms with Gasteiger partial charge in [0.25, 0.3) is 0 Å². The minimum Gasteiger partial charge on any atom is -0.330 e. The van der Waals surface area contributed by atoms with Crippen molar-refractivity contribution in [3.63, 3.8) is 0 Å². The summed E-state index contributed by atoms with van der Waals surface area (Å²) in [5.41, 5.74) is 6.73. The Labute approximate surface area is 51.6 Å². The van der Waals surface area contributed by atoms with Crippen LogP contribution in [0.4, 0.5) is 0 Å². The molecule has 0 aromatic carbocycles. The average Bonchev–Trinajstić information content (AvgIpc) is 1.68. The van der Waals surface area contributed by atoms with E-state index in [9.17, 15) is 0 Å². The Bertz CT molecular complexity index is 74.5. The van der Waals surface area contributed by atoms with Crippen LogP contribution in [0.5, 0.6) is 0 Å². The highest BCUT2D eigenvalue weighted by molar-refractivity contribution is 4.96. The molecule has 2 N–H and O–H groups in total. The molecular weight excluding hydrogens is 98.1 g/mol. The van der Waals surface area contributed by atoms with Gasteiger partial charge in [-0.1, -0.05) is 18.6 Å². The van der Waals surface area contributed by atoms with Gasteiger partial charge in [-0.3, -0.25) is 0 Å². The van der Waals surface area contributed by atoms with Gasteiger partial charge in [-0.15, -0.1) is 0 Å². The molecule has 0 aliphatic rings. The molecule has 0 rings (SSSR count). The Morgan fingerprint density at radius 3 is 2.62 bits per heavy atom. The van der Waals surface area contributed by atoms with Gasteiger partial charge < -0.3 is 5.73 Å². The van der Waals surface area contributed by atoms with Gasteiger partial charge >= 0.3 is 0 Å². The molecule has 0 aliphatic carbocycles. The van der Waals surface area contributed by atoms with Gasteiger partial charge in [0.2, 0.25) is 0 Å². The first-order chi connectivity index (χ1) is 3.81. The van der Waals surface area contributed by atoms with E-state index in [1.165, 1.54) is 5.57 Å². The van der Waals surface area contributed by atoms with Crippen LogP contribution < -0.4 is 5.73 Å². The normalized spacial score (nSPS) is 12.1. The zero-order chi connectivity index (χ0) is 6.41. The van der Waals surface area contributed by atoms with Crippen molar-refractivity contribution in [3.05, 3.63) is 11.6 Å². The maximum absolute atomic E-state index is 5.32. The molecule has 48 valence electrons. The van der Waals surface area contributed by atoms with E-state index >= 15 is 0 Å². The van der Waals surface area contributed by atoms with Crippen molar-refractivity contribution in [1.82, 2.24) is 0 Å². The smallest absolute Gasteiger partial charge is 0.00401 e. The topological polar surface area (TPSA) is 26.0 Å². The molecule has 0 aromatic rings. The summed E-state index contributed by atoms with van der Waals surface area (Å²) in [6.45, 7) is 5.04. The molecule has 0 radical (unpaired) electrons. The standard InChI is InChI=1S/C7H15N/c1-3-4-7(2)5-6-8/h4H,3,5-6,8H2,1-2H3. The number of nitrogens with two attached hydrogens (primary N) is 1. The van der Waals surface area contributed by atoms with E-state index in [1.54, 1.807) is 0 Å². The lowest BCUT2D eigenvalue weighted by Gasteiger charge is -1.93. The predicted octanol–water partition coefficient (Wildman–Crippen LogP) is 1.69. The number of rotatable bonds is 3. The SMILES string of the molecule is CCC=C(C)CCN. The van der Waals surface area contributed by atoms with Crippen LogP contribution in [0.3, 0.4) is 0 Å². The number of hydrogen-bond donors (Lipinski definition) is 1. The Morgan fingerprint density at radius 2 is 2.25 bits per heavy atom. The molecule has 0 saturated carbocycles. The van der Waals surface area contributed by atoms with Gasteiger partial charge in [0.05, 0.1) is 0 Å². The van der Waals surface area contributed by atoms with Crippen LogP contribution >= 0.6 is 0 Å². The fraction of sp³-hybridized carbons (Fsp3) is 0.714. The first-order valence-corrected chi connectivity index (χ1v) is 3.17. The van der Waals surface area contributed by atoms with Gasteiger partial charge in [-0.25, -0.2) is 0 Å². The summed E-state index contributed by atoms with van der Waals surface area (Å²) >= 11 is 0. The van der Waals surface area contributed by atoms with E-state index in [0.29, 0.717) is 0 Å². The van der Waals surface area contributed by atoms with Crippen molar-refractivity contribution < 1.29 is 0 Å². The quantitative estimate of drug-likeness (QED) is 0.554. The van der Waals surface area contributed by atoms with E-state index in [0.717, 1.165) is 19.4 Å². The van der Waals surface area contributed by atoms with Crippen LogP contribution in [0, 0.1) is 0 Å². The van der Waals surface area contributed by atoms with Crippen LogP contribution in [0.1, 0.15) is 26.7 Å². The second-order valence-corrected chi connectivity index (χ2v) is 2.00. The largest absolute Gasteiger partial charge is 0.330 e. The van der Waals surface area contributed by atoms with Crippen molar-refractivity contribution in [2.24, 2.45) is 5.73 Å². The van der Waals surface area contributed by atoms with E-state index in [1.807, 2.05) is 0 Å². The van der Waals surface area contributed by atoms with Crippen LogP contribution in [0.15, 0.2) is 11.6 Å². The third-order valence-electron chi connectivity index (χ3n) is 1.09. The number of hydrogen-bond acceptors (Lipinski definition) is 1. The van der Waals surface area contributed by atoms with Crippen LogP contribution in [-0.4, -0.2) is 6.54 Å². The zero-order valence-electron chi connectivity index (χ0n) is 5.78. The number of allylic oxidation sites excluding steroid dienone is 1. The summed E-state index contributed by atoms with van der Waals surface area (Å²) in [6.07, 6.45) is 4.40. The Morgan fingerprint density at radius 1 is 1.62 bits per heavy atom. The lowest BCUT2D eigenvalue weighted by molar-refractivity contribution is 0.938. The summed E-state index contributed by atoms with van der Waals surface area (Å²) in [7, 11) is 0. The van der Waals surface area contributed by atoms with Crippen molar-refractivity contribution in [2.75, 3.05) is 6.54 Å². The van der Waals surface area contributed by atoms with Crippen molar-refractivity contribution in [2.45, 2.75) is 26.7 Å². The minimum absolute atomic E-state index is 0.780. The molecule has 0 spiro atoms. The van der Waals surface area contributed by atoms with E-state index < -0.39 is 0 Å². The minimum atomic E-state index is 0.780. The highest BCUT2D eigenvalue weighted by Crippen LogP contribution is 1.97. The highest BCUT2D eigenvalue weighted by Gasteiger charge is 1.82. The first-order valence-electron chi connectivity index (χ1n) is 3.17. The highest BCUT2D eigenvalue weighted by atomic mass is 14.5. The third-order valence-corrected chi connectivity index (χ3v) is 1.09. The summed E-state index contributed by atoms with van der Waals surface area (Å²) in [4.78, 5) is 0. The van der Waals surface area contributed by atoms with Gasteiger partial charge in [0, 0.05) is 0 Å². The fourth-order valence-electron chi connectivity index (χ4n) is 0.678. The van der Waals surface area contributed by atoms with E-state index in [2.05, 4.69) is 19.9 Å². The third kappa shape index (κ3) is 3.88. The molecule has 8 heavy (non-hydrogen) atoms. The Kier molecular flexibility index (Phi) is 4.67. The van der Waals surface area contributed by atoms with Crippen molar-refractivity contribution in [1.29, 1.82) is 0 Å². The average molecular weight is 113 g/mol. The molecule has 0 unspecified atom stereocenters. The van der Waals surface area contributed by atoms with E-state index in [-0.39, 0.29) is 0 Å². The molecule has 0 fully saturated rings. The summed E-state index contributed by atoms with van der Waals surface area (Å²) in [5, 5.41) is 0. The molecular formula is C7H15N. The maximum Gasteiger partial charge on any atom is -0.00401 e. The molecule has 0 aliphatic heterocycles. The van der Waals surface area contributed by atoms with Gasteiger partial charge in [-0.2, -0.15) is 0 Å². The fourth-order valence-corrected chi connectivity index (χ4v) is 0.678. The van der Waals surface area contributed by atoms with Gasteiger partial charge in [0.1, 0.15) is 0 Å². The van der Waals surface area contributed by atoms with Crippen molar-refractivity contribution >= 4 is 0 Å². The lowest BCUT2D eigenvalue weighted by Crippen LogP contribution is -1.98. The summed E-state index contributed by atoms with van der Waals surface area (Å²) < 4.78 is 0. The molecule has 1 nitrogen and oxygen atoms in total. The molecule has 0 saturated heterocycles. The van der Waals surface area contributed by atoms with Gasteiger partial charge in [-0.05, 0) is 26.3 Å². The second-order valence-electron chi connectivity index (χ2n) is 2.00. The summed E-state index contributed by atoms with van der Waals surface area (Å²) in [5.74, 6) is 0. The lowest BCUT2D eigenvalue weighted by atomic mass is 10.2. The monoisotopic (exact) mass is 113 g/mol. The van der Waals surface area contributed by atoms with Crippen LogP contribution in [-0.2, 0) is 0 Å². The molecule has 0 aromatic heterocycles. The summed E-state index contributed by atoms with van der Waals surface area (Å²) in [6, 6.07) is 0. The molecule has 0 amide bonds. The van der Waals surface area contributed by atoms with Gasteiger partial charge in [0.15, 0.2) is 0 Å². The van der Waals surface area contributed by atoms with Crippen LogP contribution in [0.25, 0.3) is 0 Å². The molecule has 0 bridgehead atoms. The molecule has 0 heterocycles. The second kappa shape index (κ2) is 4.85. The zero-order valence-corrected chi connectivity index (χ0v) is 5.78. The molecule has 0 atom stereocenters. The Balaban J connectivity index is 3.29. The Hall–Kier alpha value is -0.300. The molecule has 1 heteroatoms. The predicted molar refractivity (Wildman–Crippen MR) is 37.7 cm³/mol. The van der Waals surface area contributed by atoms with Crippen molar-refractivity contribution in [3.8, 4) is 0 Å².